The van der Waals surface area contributed by atoms with Crippen molar-refractivity contribution in [1.82, 2.24) is 4.90 Å². The Bertz CT molecular complexity index is 375. The molecule has 17 heavy (non-hydrogen) atoms. The molecular weight excluding hydrogens is 214 g/mol. The first-order chi connectivity index (χ1) is 8.16. The minimum atomic E-state index is -0.0530. The number of carbonyl (C=O) groups is 1. The summed E-state index contributed by atoms with van der Waals surface area (Å²) < 4.78 is 5.77. The van der Waals surface area contributed by atoms with Crippen molar-refractivity contribution < 1.29 is 9.53 Å². The van der Waals surface area contributed by atoms with Crippen LogP contribution in [0.25, 0.3) is 0 Å². The fourth-order valence-electron chi connectivity index (χ4n) is 2.13. The van der Waals surface area contributed by atoms with Gasteiger partial charge in [-0.1, -0.05) is 30.3 Å². The predicted octanol–water partition coefficient (Wildman–Crippen LogP) is 2.56. The van der Waals surface area contributed by atoms with Crippen molar-refractivity contribution in [1.29, 1.82) is 0 Å². The lowest BCUT2D eigenvalue weighted by molar-refractivity contribution is -0.140. The summed E-state index contributed by atoms with van der Waals surface area (Å²) in [5, 5.41) is 0. The summed E-state index contributed by atoms with van der Waals surface area (Å²) in [6.07, 6.45) is 1.51. The molecule has 1 unspecified atom stereocenters. The van der Waals surface area contributed by atoms with Crippen LogP contribution in [0.5, 0.6) is 0 Å². The Labute approximate surface area is 102 Å². The third kappa shape index (κ3) is 3.07. The van der Waals surface area contributed by atoms with Crippen LogP contribution in [0.15, 0.2) is 30.3 Å². The molecule has 0 aliphatic carbocycles. The van der Waals surface area contributed by atoms with E-state index < -0.39 is 0 Å². The zero-order chi connectivity index (χ0) is 12.3. The average Bonchev–Trinajstić information content (AvgIpc) is 2.62. The quantitative estimate of drug-likeness (QED) is 0.800. The third-order valence-corrected chi connectivity index (χ3v) is 2.90. The van der Waals surface area contributed by atoms with Crippen molar-refractivity contribution in [3.63, 3.8) is 0 Å². The van der Waals surface area contributed by atoms with E-state index in [0.29, 0.717) is 13.0 Å². The molecule has 0 saturated carbocycles. The smallest absolute Gasteiger partial charge is 0.225 e. The number of likely N-dealkylation sites (tertiary alicyclic amines) is 1. The van der Waals surface area contributed by atoms with Gasteiger partial charge in [-0.25, -0.2) is 0 Å². The molecule has 1 atom stereocenters. The normalized spacial score (nSPS) is 20.3. The van der Waals surface area contributed by atoms with Crippen LogP contribution >= 0.6 is 0 Å². The standard InChI is InChI=1S/C14H19NO2/c1-11(2)17-14-9-8-13(16)15(14)10-12-6-4-3-5-7-12/h3-7,11,14H,8-10H2,1-2H3. The Kier molecular flexibility index (Phi) is 3.79. The molecule has 1 heterocycles. The van der Waals surface area contributed by atoms with Crippen molar-refractivity contribution in [3.8, 4) is 0 Å². The SMILES string of the molecule is CC(C)OC1CCC(=O)N1Cc1ccccc1. The van der Waals surface area contributed by atoms with Gasteiger partial charge in [0.2, 0.25) is 5.91 Å². The highest BCUT2D eigenvalue weighted by atomic mass is 16.5. The lowest BCUT2D eigenvalue weighted by atomic mass is 10.2. The predicted molar refractivity (Wildman–Crippen MR) is 66.2 cm³/mol. The van der Waals surface area contributed by atoms with Crippen LogP contribution in [0.4, 0.5) is 0 Å². The maximum atomic E-state index is 11.8. The van der Waals surface area contributed by atoms with Crippen molar-refractivity contribution >= 4 is 5.91 Å². The molecule has 0 bridgehead atoms. The highest BCUT2D eigenvalue weighted by Crippen LogP contribution is 2.23. The molecule has 1 aromatic rings. The molecule has 1 aliphatic rings. The Balaban J connectivity index is 2.04. The lowest BCUT2D eigenvalue weighted by Crippen LogP contribution is -2.35. The molecule has 92 valence electrons. The fraction of sp³-hybridized carbons (Fsp3) is 0.500. The maximum absolute atomic E-state index is 11.8. The van der Waals surface area contributed by atoms with Crippen molar-refractivity contribution in [2.24, 2.45) is 0 Å². The highest BCUT2D eigenvalue weighted by molar-refractivity contribution is 5.78. The third-order valence-electron chi connectivity index (χ3n) is 2.90. The number of nitrogens with zero attached hydrogens (tertiary/aromatic N) is 1. The Hall–Kier alpha value is -1.35. The minimum Gasteiger partial charge on any atom is -0.356 e. The lowest BCUT2D eigenvalue weighted by Gasteiger charge is -2.26. The zero-order valence-electron chi connectivity index (χ0n) is 10.4. The monoisotopic (exact) mass is 233 g/mol. The Morgan fingerprint density at radius 3 is 2.71 bits per heavy atom. The van der Waals surface area contributed by atoms with Crippen molar-refractivity contribution in [3.05, 3.63) is 35.9 Å². The van der Waals surface area contributed by atoms with Gasteiger partial charge in [0.05, 0.1) is 6.10 Å². The van der Waals surface area contributed by atoms with Gasteiger partial charge >= 0.3 is 0 Å². The molecule has 0 N–H and O–H groups in total. The molecule has 1 saturated heterocycles. The van der Waals surface area contributed by atoms with Crippen LogP contribution in [-0.2, 0) is 16.1 Å². The van der Waals surface area contributed by atoms with E-state index in [1.165, 1.54) is 0 Å². The van der Waals surface area contributed by atoms with Crippen molar-refractivity contribution in [2.45, 2.75) is 45.6 Å². The van der Waals surface area contributed by atoms with Gasteiger partial charge in [-0.3, -0.25) is 4.79 Å². The van der Waals surface area contributed by atoms with Crippen molar-refractivity contribution in [2.75, 3.05) is 0 Å². The van der Waals surface area contributed by atoms with Crippen LogP contribution in [0.2, 0.25) is 0 Å². The van der Waals surface area contributed by atoms with Crippen LogP contribution in [0.3, 0.4) is 0 Å². The van der Waals surface area contributed by atoms with Gasteiger partial charge in [-0.05, 0) is 19.4 Å². The highest BCUT2D eigenvalue weighted by Gasteiger charge is 2.31. The molecule has 2 rings (SSSR count). The Morgan fingerprint density at radius 2 is 2.06 bits per heavy atom. The second-order valence-electron chi connectivity index (χ2n) is 4.69. The molecule has 0 aromatic heterocycles. The number of rotatable bonds is 4. The van der Waals surface area contributed by atoms with E-state index in [-0.39, 0.29) is 18.2 Å². The van der Waals surface area contributed by atoms with E-state index in [1.807, 2.05) is 49.1 Å². The van der Waals surface area contributed by atoms with Gasteiger partial charge in [0.25, 0.3) is 0 Å². The second kappa shape index (κ2) is 5.32. The molecule has 0 spiro atoms. The summed E-state index contributed by atoms with van der Waals surface area (Å²) in [4.78, 5) is 13.7. The van der Waals surface area contributed by atoms with Crippen LogP contribution in [-0.4, -0.2) is 23.1 Å². The van der Waals surface area contributed by atoms with Crippen LogP contribution in [0, 0.1) is 0 Å². The maximum Gasteiger partial charge on any atom is 0.225 e. The average molecular weight is 233 g/mol. The minimum absolute atomic E-state index is 0.0530. The first kappa shape index (κ1) is 12.1. The van der Waals surface area contributed by atoms with E-state index in [2.05, 4.69) is 0 Å². The summed E-state index contributed by atoms with van der Waals surface area (Å²) in [5.74, 6) is 0.194. The van der Waals surface area contributed by atoms with E-state index in [0.717, 1.165) is 12.0 Å². The van der Waals surface area contributed by atoms with E-state index >= 15 is 0 Å². The molecule has 1 fully saturated rings. The molecular formula is C14H19NO2. The Morgan fingerprint density at radius 1 is 1.35 bits per heavy atom. The number of hydrogen-bond acceptors (Lipinski definition) is 2. The fourth-order valence-corrected chi connectivity index (χ4v) is 2.13. The molecule has 1 aliphatic heterocycles. The van der Waals surface area contributed by atoms with E-state index in [4.69, 9.17) is 4.74 Å². The topological polar surface area (TPSA) is 29.5 Å². The van der Waals surface area contributed by atoms with Crippen LogP contribution in [0.1, 0.15) is 32.3 Å². The van der Waals surface area contributed by atoms with Gasteiger partial charge < -0.3 is 9.64 Å². The van der Waals surface area contributed by atoms with Gasteiger partial charge in [0.1, 0.15) is 6.23 Å². The number of hydrogen-bond donors (Lipinski definition) is 0. The van der Waals surface area contributed by atoms with Gasteiger partial charge in [-0.2, -0.15) is 0 Å². The molecule has 3 heteroatoms. The first-order valence-corrected chi connectivity index (χ1v) is 6.15. The van der Waals surface area contributed by atoms with Crippen LogP contribution < -0.4 is 0 Å². The zero-order valence-corrected chi connectivity index (χ0v) is 10.4. The molecule has 3 nitrogen and oxygen atoms in total. The summed E-state index contributed by atoms with van der Waals surface area (Å²) in [6, 6.07) is 10.1. The molecule has 0 radical (unpaired) electrons. The first-order valence-electron chi connectivity index (χ1n) is 6.15. The van der Waals surface area contributed by atoms with E-state index in [9.17, 15) is 4.79 Å². The number of carbonyl (C=O) groups excluding carboxylic acids is 1. The largest absolute Gasteiger partial charge is 0.356 e. The summed E-state index contributed by atoms with van der Waals surface area (Å²) in [7, 11) is 0. The number of amides is 1. The molecule has 1 amide bonds. The van der Waals surface area contributed by atoms with Gasteiger partial charge in [0.15, 0.2) is 0 Å². The van der Waals surface area contributed by atoms with E-state index in [1.54, 1.807) is 0 Å². The van der Waals surface area contributed by atoms with Gasteiger partial charge in [-0.15, -0.1) is 0 Å². The second-order valence-corrected chi connectivity index (χ2v) is 4.69. The summed E-state index contributed by atoms with van der Waals surface area (Å²) in [5.41, 5.74) is 1.15. The summed E-state index contributed by atoms with van der Waals surface area (Å²) in [6.45, 7) is 4.66. The number of ether oxygens (including phenoxy) is 1. The summed E-state index contributed by atoms with van der Waals surface area (Å²) >= 11 is 0. The van der Waals surface area contributed by atoms with Gasteiger partial charge in [0, 0.05) is 19.4 Å². The number of benzene rings is 1. The molecule has 1 aromatic carbocycles.